The smallest absolute Gasteiger partial charge is 0.180 e. The summed E-state index contributed by atoms with van der Waals surface area (Å²) in [7, 11) is -3.02. The van der Waals surface area contributed by atoms with Crippen LogP contribution in [-0.2, 0) is 0 Å². The number of rotatable bonds is 9. The van der Waals surface area contributed by atoms with E-state index in [4.69, 9.17) is 15.0 Å². The third-order valence-electron chi connectivity index (χ3n) is 12.3. The molecule has 0 N–H and O–H groups in total. The largest absolute Gasteiger partial charge is 0.309 e. The molecule has 0 aliphatic rings. The quantitative estimate of drug-likeness (QED) is 0.108. The lowest BCUT2D eigenvalue weighted by molar-refractivity contribution is 1.07. The van der Waals surface area contributed by atoms with Crippen molar-refractivity contribution < 1.29 is 0 Å². The van der Waals surface area contributed by atoms with Crippen LogP contribution in [0, 0.1) is 6.92 Å². The fourth-order valence-electron chi connectivity index (χ4n) is 9.46. The van der Waals surface area contributed by atoms with E-state index in [0.29, 0.717) is 17.5 Å². The summed E-state index contributed by atoms with van der Waals surface area (Å²) in [6.07, 6.45) is 0. The molecule has 0 radical (unpaired) electrons. The molecule has 0 bridgehead atoms. The maximum atomic E-state index is 5.34. The number of fused-ring (bicyclic) bond motifs is 3. The average Bonchev–Trinajstić information content (AvgIpc) is 3.69. The Balaban J connectivity index is 1.26. The highest BCUT2D eigenvalue weighted by Crippen LogP contribution is 2.38. The van der Waals surface area contributed by atoms with E-state index in [0.717, 1.165) is 44.5 Å². The first-order chi connectivity index (χ1) is 31.2. The Morgan fingerprint density at radius 2 is 0.825 bits per heavy atom. The minimum Gasteiger partial charge on any atom is -0.309 e. The van der Waals surface area contributed by atoms with Crippen molar-refractivity contribution in [2.75, 3.05) is 0 Å². The van der Waals surface area contributed by atoms with E-state index in [1.165, 1.54) is 37.1 Å². The van der Waals surface area contributed by atoms with Gasteiger partial charge in [0.15, 0.2) is 25.5 Å². The van der Waals surface area contributed by atoms with Gasteiger partial charge < -0.3 is 4.57 Å². The van der Waals surface area contributed by atoms with Crippen LogP contribution in [0.15, 0.2) is 237 Å². The molecule has 0 fully saturated rings. The van der Waals surface area contributed by atoms with Gasteiger partial charge in [0.05, 0.1) is 11.0 Å². The number of para-hydroxylation sites is 1. The summed E-state index contributed by atoms with van der Waals surface area (Å²) in [6.45, 7) is 2.17. The van der Waals surface area contributed by atoms with Crippen molar-refractivity contribution in [3.8, 4) is 51.0 Å². The molecule has 0 spiro atoms. The summed E-state index contributed by atoms with van der Waals surface area (Å²) in [6, 6.07) is 85.2. The molecule has 0 unspecified atom stereocenters. The van der Waals surface area contributed by atoms with Crippen LogP contribution in [0.2, 0.25) is 0 Å². The summed E-state index contributed by atoms with van der Waals surface area (Å²) in [5.74, 6) is 1.87. The molecule has 298 valence electrons. The van der Waals surface area contributed by atoms with Crippen molar-refractivity contribution in [1.29, 1.82) is 0 Å². The minimum absolute atomic E-state index is 0.614. The molecule has 0 saturated carbocycles. The van der Waals surface area contributed by atoms with Crippen LogP contribution in [0.5, 0.6) is 0 Å². The van der Waals surface area contributed by atoms with Gasteiger partial charge in [0, 0.05) is 33.2 Å². The van der Waals surface area contributed by atoms with E-state index < -0.39 is 8.07 Å². The maximum Gasteiger partial charge on any atom is 0.180 e. The fraction of sp³-hybridized carbons (Fsp3) is 0.0172. The van der Waals surface area contributed by atoms with Crippen LogP contribution in [0.3, 0.4) is 0 Å². The summed E-state index contributed by atoms with van der Waals surface area (Å²) in [5, 5.41) is 7.67. The molecule has 0 atom stereocenters. The van der Waals surface area contributed by atoms with Gasteiger partial charge in [0.2, 0.25) is 0 Å². The lowest BCUT2D eigenvalue weighted by Gasteiger charge is -2.36. The van der Waals surface area contributed by atoms with Gasteiger partial charge in [-0.1, -0.05) is 206 Å². The second-order valence-corrected chi connectivity index (χ2v) is 19.8. The van der Waals surface area contributed by atoms with Gasteiger partial charge in [0.25, 0.3) is 0 Å². The Bertz CT molecular complexity index is 3230. The van der Waals surface area contributed by atoms with Crippen LogP contribution in [0.25, 0.3) is 72.8 Å². The minimum atomic E-state index is -3.02. The number of aromatic nitrogens is 4. The van der Waals surface area contributed by atoms with E-state index in [-0.39, 0.29) is 0 Å². The predicted octanol–water partition coefficient (Wildman–Crippen LogP) is 11.3. The van der Waals surface area contributed by atoms with E-state index in [1.54, 1.807) is 0 Å². The number of hydrogen-bond acceptors (Lipinski definition) is 3. The topological polar surface area (TPSA) is 43.6 Å². The molecule has 0 amide bonds. The monoisotopic (exact) mass is 822 g/mol. The Hall–Kier alpha value is -7.99. The van der Waals surface area contributed by atoms with Crippen LogP contribution >= 0.6 is 0 Å². The fourth-order valence-corrected chi connectivity index (χ4v) is 14.4. The average molecular weight is 823 g/mol. The molecule has 2 aromatic heterocycles. The second-order valence-electron chi connectivity index (χ2n) is 16.0. The van der Waals surface area contributed by atoms with Crippen molar-refractivity contribution >= 4 is 50.6 Å². The zero-order chi connectivity index (χ0) is 42.2. The molecular formula is C58H42N4Si. The van der Waals surface area contributed by atoms with Crippen molar-refractivity contribution in [2.24, 2.45) is 0 Å². The molecular weight excluding hydrogens is 781 g/mol. The highest BCUT2D eigenvalue weighted by Gasteiger charge is 2.43. The third kappa shape index (κ3) is 6.67. The summed E-state index contributed by atoms with van der Waals surface area (Å²) in [4.78, 5) is 15.8. The van der Waals surface area contributed by atoms with E-state index >= 15 is 0 Å². The van der Waals surface area contributed by atoms with Gasteiger partial charge in [-0.15, -0.1) is 0 Å². The van der Waals surface area contributed by atoms with Gasteiger partial charge in [0.1, 0.15) is 0 Å². The summed E-state index contributed by atoms with van der Waals surface area (Å²) < 4.78 is 2.41. The van der Waals surface area contributed by atoms with E-state index in [9.17, 15) is 0 Å². The lowest BCUT2D eigenvalue weighted by Crippen LogP contribution is -2.75. The van der Waals surface area contributed by atoms with Crippen LogP contribution in [-0.4, -0.2) is 27.6 Å². The van der Waals surface area contributed by atoms with Gasteiger partial charge >= 0.3 is 0 Å². The first kappa shape index (κ1) is 38.0. The highest BCUT2D eigenvalue weighted by atomic mass is 28.3. The molecule has 0 saturated heterocycles. The van der Waals surface area contributed by atoms with Crippen molar-refractivity contribution in [3.05, 3.63) is 242 Å². The molecule has 0 aliphatic heterocycles. The van der Waals surface area contributed by atoms with Gasteiger partial charge in [-0.25, -0.2) is 15.0 Å². The highest BCUT2D eigenvalue weighted by molar-refractivity contribution is 7.20. The van der Waals surface area contributed by atoms with Gasteiger partial charge in [-0.05, 0) is 75.2 Å². The standard InChI is InChI=1S/C58H42N4Si/c1-41-35-38-54-52(39-41)48-31-17-19-33-53(48)62(54)44-36-37-50(58-60-56(42-21-7-2-8-22-42)59-57(61-58)43-23-9-3-10-24-43)51(40-44)49-32-18-20-34-55(49)63(45-25-11-4-12-26-45,46-27-13-5-14-28-46)47-29-15-6-16-30-47/h2-40H,1H3. The number of benzene rings is 9. The van der Waals surface area contributed by atoms with Crippen molar-refractivity contribution in [1.82, 2.24) is 19.5 Å². The SMILES string of the molecule is Cc1ccc2c(c1)c1ccccc1n2-c1ccc(-c2nc(-c3ccccc3)nc(-c3ccccc3)n2)c(-c2ccccc2[Si](c2ccccc2)(c2ccccc2)c2ccccc2)c1. The Kier molecular flexibility index (Phi) is 9.72. The molecule has 4 nitrogen and oxygen atoms in total. The number of nitrogens with zero attached hydrogens (tertiary/aromatic N) is 4. The molecule has 5 heteroatoms. The zero-order valence-corrected chi connectivity index (χ0v) is 35.8. The zero-order valence-electron chi connectivity index (χ0n) is 34.8. The van der Waals surface area contributed by atoms with Crippen LogP contribution < -0.4 is 20.7 Å². The molecule has 11 aromatic rings. The van der Waals surface area contributed by atoms with Gasteiger partial charge in [-0.2, -0.15) is 0 Å². The third-order valence-corrected chi connectivity index (χ3v) is 17.1. The first-order valence-corrected chi connectivity index (χ1v) is 23.4. The number of hydrogen-bond donors (Lipinski definition) is 0. The molecule has 0 aliphatic carbocycles. The molecule has 9 aromatic carbocycles. The summed E-state index contributed by atoms with van der Waals surface area (Å²) >= 11 is 0. The molecule has 11 rings (SSSR count). The van der Waals surface area contributed by atoms with Gasteiger partial charge in [-0.3, -0.25) is 0 Å². The van der Waals surface area contributed by atoms with E-state index in [2.05, 4.69) is 212 Å². The molecule has 63 heavy (non-hydrogen) atoms. The van der Waals surface area contributed by atoms with Crippen molar-refractivity contribution in [2.45, 2.75) is 6.92 Å². The lowest BCUT2D eigenvalue weighted by atomic mass is 9.97. The normalized spacial score (nSPS) is 11.6. The van der Waals surface area contributed by atoms with Crippen molar-refractivity contribution in [3.63, 3.8) is 0 Å². The second kappa shape index (κ2) is 16.1. The van der Waals surface area contributed by atoms with E-state index in [1.807, 2.05) is 36.4 Å². The summed E-state index contributed by atoms with van der Waals surface area (Å²) in [5.41, 5.74) is 9.59. The molecule has 2 heterocycles. The van der Waals surface area contributed by atoms with Crippen LogP contribution in [0.4, 0.5) is 0 Å². The Morgan fingerprint density at radius 3 is 1.41 bits per heavy atom. The maximum absolute atomic E-state index is 5.34. The number of aryl methyl sites for hydroxylation is 1. The Morgan fingerprint density at radius 1 is 0.349 bits per heavy atom. The van der Waals surface area contributed by atoms with Crippen LogP contribution in [0.1, 0.15) is 5.56 Å². The Labute approximate surface area is 368 Å². The predicted molar refractivity (Wildman–Crippen MR) is 264 cm³/mol. The first-order valence-electron chi connectivity index (χ1n) is 21.4.